The van der Waals surface area contributed by atoms with Crippen LogP contribution in [0.2, 0.25) is 0 Å². The molecule has 2 aliphatic heterocycles. The Morgan fingerprint density at radius 2 is 2.00 bits per heavy atom. The van der Waals surface area contributed by atoms with Gasteiger partial charge in [0.15, 0.2) is 0 Å². The van der Waals surface area contributed by atoms with Crippen LogP contribution in [0.4, 0.5) is 0 Å². The third-order valence-corrected chi connectivity index (χ3v) is 5.13. The Bertz CT molecular complexity index is 455. The molecule has 2 atom stereocenters. The summed E-state index contributed by atoms with van der Waals surface area (Å²) < 4.78 is 2.17. The van der Waals surface area contributed by atoms with Gasteiger partial charge in [-0.05, 0) is 58.6 Å². The number of nitrogens with one attached hydrogen (secondary N) is 1. The highest BCUT2D eigenvalue weighted by atomic mass is 15.3. The zero-order chi connectivity index (χ0) is 14.8. The van der Waals surface area contributed by atoms with Crippen molar-refractivity contribution in [3.63, 3.8) is 0 Å². The van der Waals surface area contributed by atoms with E-state index in [1.165, 1.54) is 44.3 Å². The number of nitrogens with zero attached hydrogens (tertiary/aromatic N) is 3. The number of aromatic nitrogens is 2. The van der Waals surface area contributed by atoms with Crippen LogP contribution in [-0.2, 0) is 13.1 Å². The van der Waals surface area contributed by atoms with E-state index in [-0.39, 0.29) is 0 Å². The molecule has 2 fully saturated rings. The Labute approximate surface area is 128 Å². The molecule has 2 bridgehead atoms. The van der Waals surface area contributed by atoms with E-state index in [1.807, 2.05) is 0 Å². The standard InChI is InChI=1S/C17H30N4/c1-4-8-20(12-17-9-13(3)19-21(17)5-2)16-10-14-6-7-15(11-16)18-14/h9,14-16,18H,4-8,10-12H2,1-3H3. The van der Waals surface area contributed by atoms with E-state index in [4.69, 9.17) is 0 Å². The second-order valence-electron chi connectivity index (χ2n) is 6.83. The van der Waals surface area contributed by atoms with Gasteiger partial charge in [0.2, 0.25) is 0 Å². The maximum atomic E-state index is 4.61. The number of aryl methyl sites for hydroxylation is 2. The molecule has 1 aromatic heterocycles. The largest absolute Gasteiger partial charge is 0.311 e. The maximum Gasteiger partial charge on any atom is 0.0597 e. The molecule has 3 rings (SSSR count). The van der Waals surface area contributed by atoms with Crippen molar-refractivity contribution in [3.8, 4) is 0 Å². The Kier molecular flexibility index (Phi) is 4.65. The van der Waals surface area contributed by atoms with Crippen LogP contribution >= 0.6 is 0 Å². The van der Waals surface area contributed by atoms with Crippen molar-refractivity contribution in [3.05, 3.63) is 17.5 Å². The van der Waals surface area contributed by atoms with Gasteiger partial charge in [-0.25, -0.2) is 0 Å². The summed E-state index contributed by atoms with van der Waals surface area (Å²) in [6.07, 6.45) is 6.66. The summed E-state index contributed by atoms with van der Waals surface area (Å²) in [5.74, 6) is 0. The minimum Gasteiger partial charge on any atom is -0.311 e. The lowest BCUT2D eigenvalue weighted by molar-refractivity contribution is 0.130. The first kappa shape index (κ1) is 15.0. The van der Waals surface area contributed by atoms with Gasteiger partial charge >= 0.3 is 0 Å². The Balaban J connectivity index is 1.72. The fourth-order valence-corrected chi connectivity index (χ4v) is 4.21. The Morgan fingerprint density at radius 3 is 2.62 bits per heavy atom. The number of fused-ring (bicyclic) bond motifs is 2. The first-order chi connectivity index (χ1) is 10.2. The topological polar surface area (TPSA) is 33.1 Å². The molecule has 2 unspecified atom stereocenters. The molecule has 2 saturated heterocycles. The van der Waals surface area contributed by atoms with Gasteiger partial charge in [0.05, 0.1) is 11.4 Å². The second kappa shape index (κ2) is 6.49. The van der Waals surface area contributed by atoms with E-state index in [2.05, 4.69) is 46.8 Å². The highest BCUT2D eigenvalue weighted by molar-refractivity contribution is 5.09. The number of piperidine rings is 1. The molecule has 1 aromatic rings. The van der Waals surface area contributed by atoms with Crippen molar-refractivity contribution in [1.29, 1.82) is 0 Å². The van der Waals surface area contributed by atoms with Crippen molar-refractivity contribution in [1.82, 2.24) is 20.0 Å². The lowest BCUT2D eigenvalue weighted by Gasteiger charge is -2.37. The Morgan fingerprint density at radius 1 is 1.29 bits per heavy atom. The fourth-order valence-electron chi connectivity index (χ4n) is 4.21. The molecule has 4 nitrogen and oxygen atoms in total. The molecule has 0 amide bonds. The normalized spacial score (nSPS) is 28.5. The van der Waals surface area contributed by atoms with Crippen LogP contribution < -0.4 is 5.32 Å². The van der Waals surface area contributed by atoms with E-state index in [0.717, 1.165) is 36.9 Å². The summed E-state index contributed by atoms with van der Waals surface area (Å²) in [7, 11) is 0. The first-order valence-corrected chi connectivity index (χ1v) is 8.73. The predicted molar refractivity (Wildman–Crippen MR) is 86.3 cm³/mol. The van der Waals surface area contributed by atoms with E-state index in [0.29, 0.717) is 0 Å². The molecule has 0 spiro atoms. The van der Waals surface area contributed by atoms with Crippen molar-refractivity contribution in [2.45, 2.75) is 84.1 Å². The number of hydrogen-bond donors (Lipinski definition) is 1. The monoisotopic (exact) mass is 290 g/mol. The highest BCUT2D eigenvalue weighted by Gasteiger charge is 2.35. The van der Waals surface area contributed by atoms with Gasteiger partial charge in [-0.15, -0.1) is 0 Å². The SMILES string of the molecule is CCCN(Cc1cc(C)nn1CC)C1CC2CCC(C1)N2. The minimum absolute atomic E-state index is 0.754. The van der Waals surface area contributed by atoms with Crippen LogP contribution in [0.15, 0.2) is 6.07 Å². The summed E-state index contributed by atoms with van der Waals surface area (Å²) in [5.41, 5.74) is 2.53. The van der Waals surface area contributed by atoms with Crippen molar-refractivity contribution >= 4 is 0 Å². The Hall–Kier alpha value is -0.870. The lowest BCUT2D eigenvalue weighted by atomic mass is 9.97. The van der Waals surface area contributed by atoms with E-state index in [9.17, 15) is 0 Å². The average molecular weight is 290 g/mol. The van der Waals surface area contributed by atoms with Crippen LogP contribution in [0, 0.1) is 6.92 Å². The van der Waals surface area contributed by atoms with Crippen molar-refractivity contribution in [2.24, 2.45) is 0 Å². The molecule has 0 aliphatic carbocycles. The summed E-state index contributed by atoms with van der Waals surface area (Å²) >= 11 is 0. The molecule has 1 N–H and O–H groups in total. The van der Waals surface area contributed by atoms with Crippen LogP contribution in [0.5, 0.6) is 0 Å². The molecule has 118 valence electrons. The highest BCUT2D eigenvalue weighted by Crippen LogP contribution is 2.30. The van der Waals surface area contributed by atoms with Crippen molar-refractivity contribution in [2.75, 3.05) is 6.54 Å². The van der Waals surface area contributed by atoms with Crippen LogP contribution in [0.25, 0.3) is 0 Å². The van der Waals surface area contributed by atoms with Gasteiger partial charge < -0.3 is 5.32 Å². The molecule has 3 heterocycles. The van der Waals surface area contributed by atoms with Gasteiger partial charge in [-0.3, -0.25) is 9.58 Å². The minimum atomic E-state index is 0.754. The molecule has 0 aromatic carbocycles. The molecule has 0 saturated carbocycles. The summed E-state index contributed by atoms with van der Waals surface area (Å²) in [5, 5.41) is 8.37. The van der Waals surface area contributed by atoms with Crippen LogP contribution in [0.1, 0.15) is 57.3 Å². The van der Waals surface area contributed by atoms with Gasteiger partial charge in [0.1, 0.15) is 0 Å². The quantitative estimate of drug-likeness (QED) is 0.874. The van der Waals surface area contributed by atoms with Gasteiger partial charge in [-0.1, -0.05) is 6.92 Å². The fraction of sp³-hybridized carbons (Fsp3) is 0.824. The molecule has 2 aliphatic rings. The second-order valence-corrected chi connectivity index (χ2v) is 6.83. The maximum absolute atomic E-state index is 4.61. The third kappa shape index (κ3) is 3.32. The average Bonchev–Trinajstić information content (AvgIpc) is 3.00. The van der Waals surface area contributed by atoms with Gasteiger partial charge in [0.25, 0.3) is 0 Å². The smallest absolute Gasteiger partial charge is 0.0597 e. The molecular formula is C17H30N4. The van der Waals surface area contributed by atoms with Gasteiger partial charge in [0, 0.05) is 31.2 Å². The summed E-state index contributed by atoms with van der Waals surface area (Å²) in [4.78, 5) is 2.72. The molecule has 4 heteroatoms. The van der Waals surface area contributed by atoms with E-state index in [1.54, 1.807) is 0 Å². The van der Waals surface area contributed by atoms with E-state index >= 15 is 0 Å². The number of hydrogen-bond acceptors (Lipinski definition) is 3. The summed E-state index contributed by atoms with van der Waals surface area (Å²) in [6, 6.07) is 4.56. The zero-order valence-electron chi connectivity index (χ0n) is 13.8. The van der Waals surface area contributed by atoms with Crippen LogP contribution in [0.3, 0.4) is 0 Å². The van der Waals surface area contributed by atoms with Crippen molar-refractivity contribution < 1.29 is 0 Å². The molecule has 21 heavy (non-hydrogen) atoms. The van der Waals surface area contributed by atoms with Crippen LogP contribution in [-0.4, -0.2) is 39.4 Å². The first-order valence-electron chi connectivity index (χ1n) is 8.73. The zero-order valence-corrected chi connectivity index (χ0v) is 13.8. The predicted octanol–water partition coefficient (Wildman–Crippen LogP) is 2.71. The molecule has 0 radical (unpaired) electrons. The lowest BCUT2D eigenvalue weighted by Crippen LogP contribution is -2.48. The van der Waals surface area contributed by atoms with Gasteiger partial charge in [-0.2, -0.15) is 5.10 Å². The summed E-state index contributed by atoms with van der Waals surface area (Å²) in [6.45, 7) is 9.83. The third-order valence-electron chi connectivity index (χ3n) is 5.13. The molecular weight excluding hydrogens is 260 g/mol. The van der Waals surface area contributed by atoms with E-state index < -0.39 is 0 Å². The number of rotatable bonds is 6.